The lowest BCUT2D eigenvalue weighted by Crippen LogP contribution is -2.30. The number of hydrogen-bond acceptors (Lipinski definition) is 20. The highest BCUT2D eigenvalue weighted by molar-refractivity contribution is 9.11. The molecule has 6 aromatic rings. The molecule has 30 heteroatoms. The topological polar surface area (TPSA) is 326 Å². The molecule has 4 aliphatic rings. The lowest BCUT2D eigenvalue weighted by Gasteiger charge is -2.17. The molecule has 460 valence electrons. The van der Waals surface area contributed by atoms with Gasteiger partial charge < -0.3 is 23.7 Å². The summed E-state index contributed by atoms with van der Waals surface area (Å²) in [6, 6.07) is 17.7. The number of imidazole rings is 2. The summed E-state index contributed by atoms with van der Waals surface area (Å²) < 4.78 is 82.3. The molecule has 2 aliphatic carbocycles. The van der Waals surface area contributed by atoms with Gasteiger partial charge in [0.2, 0.25) is 11.2 Å². The van der Waals surface area contributed by atoms with Crippen molar-refractivity contribution < 1.29 is 73.6 Å². The number of halogens is 4. The molecule has 2 aliphatic heterocycles. The van der Waals surface area contributed by atoms with E-state index in [-0.39, 0.29) is 18.8 Å². The van der Waals surface area contributed by atoms with E-state index in [9.17, 15) is 40.8 Å². The Balaban J connectivity index is 0.000000220. The highest BCUT2D eigenvalue weighted by Crippen LogP contribution is 2.44. The molecular weight excluding hydrogens is 1340 g/mol. The molecule has 0 spiro atoms. The fraction of sp³-hybridized carbons (Fsp3) is 0.375. The third kappa shape index (κ3) is 18.4. The number of pyridine rings is 2. The van der Waals surface area contributed by atoms with Crippen molar-refractivity contribution in [1.29, 1.82) is 0 Å². The Labute approximate surface area is 522 Å². The van der Waals surface area contributed by atoms with Crippen molar-refractivity contribution in [3.05, 3.63) is 150 Å². The van der Waals surface area contributed by atoms with Crippen LogP contribution in [0.5, 0.6) is 0 Å². The van der Waals surface area contributed by atoms with E-state index in [1.54, 1.807) is 31.7 Å². The summed E-state index contributed by atoms with van der Waals surface area (Å²) in [5.41, 5.74) is 5.55. The van der Waals surface area contributed by atoms with Crippen LogP contribution in [0.2, 0.25) is 10.0 Å². The smallest absolute Gasteiger partial charge is 0.350 e. The minimum atomic E-state index is -3.67. The number of carbonyl (C=O) groups is 5. The summed E-state index contributed by atoms with van der Waals surface area (Å²) in [5.74, 6) is -0.790. The molecule has 6 heterocycles. The largest absolute Gasteiger partial charge is 0.466 e. The number of aryl methyl sites for hydroxylation is 2. The van der Waals surface area contributed by atoms with Gasteiger partial charge >= 0.3 is 29.8 Å². The predicted molar refractivity (Wildman–Crippen MR) is 323 cm³/mol. The highest BCUT2D eigenvalue weighted by Gasteiger charge is 2.56. The Morgan fingerprint density at radius 3 is 1.28 bits per heavy atom. The van der Waals surface area contributed by atoms with Crippen molar-refractivity contribution in [2.24, 2.45) is 9.98 Å². The van der Waals surface area contributed by atoms with Crippen LogP contribution in [0.15, 0.2) is 104 Å². The molecular formula is C56H60Br2Cl2N8O16S2. The second-order valence-corrected chi connectivity index (χ2v) is 25.1. The zero-order chi connectivity index (χ0) is 63.5. The molecule has 0 bridgehead atoms. The second kappa shape index (κ2) is 29.3. The maximum Gasteiger partial charge on any atom is 0.350 e. The van der Waals surface area contributed by atoms with Crippen LogP contribution in [0.4, 0.5) is 0 Å². The third-order valence-corrected chi connectivity index (χ3v) is 14.3. The van der Waals surface area contributed by atoms with Gasteiger partial charge in [0.25, 0.3) is 20.2 Å². The average Bonchev–Trinajstić information content (AvgIpc) is 1.68. The van der Waals surface area contributed by atoms with Gasteiger partial charge in [0.05, 0.1) is 67.5 Å². The van der Waals surface area contributed by atoms with Crippen molar-refractivity contribution in [3.8, 4) is 11.4 Å². The molecule has 2 aromatic carbocycles. The van der Waals surface area contributed by atoms with E-state index < -0.39 is 67.4 Å². The fourth-order valence-electron chi connectivity index (χ4n) is 8.82. The van der Waals surface area contributed by atoms with E-state index in [4.69, 9.17) is 61.2 Å². The first-order valence-electron chi connectivity index (χ1n) is 26.1. The van der Waals surface area contributed by atoms with Gasteiger partial charge in [0, 0.05) is 112 Å². The molecule has 86 heavy (non-hydrogen) atoms. The molecule has 24 nitrogen and oxygen atoms in total. The molecule has 0 unspecified atom stereocenters. The lowest BCUT2D eigenvalue weighted by molar-refractivity contribution is -0.169. The van der Waals surface area contributed by atoms with E-state index >= 15 is 0 Å². The minimum Gasteiger partial charge on any atom is -0.466 e. The van der Waals surface area contributed by atoms with Gasteiger partial charge in [0.1, 0.15) is 23.7 Å². The first-order chi connectivity index (χ1) is 40.4. The number of aliphatic imine (C=N–C) groups is 2. The van der Waals surface area contributed by atoms with Gasteiger partial charge in [-0.3, -0.25) is 52.6 Å². The van der Waals surface area contributed by atoms with Crippen LogP contribution in [0.1, 0.15) is 123 Å². The SMILES string of the molecule is CCOC(C)=O.COC(=O)C1(OC(=O)CC[C@@H]2N=C(c3ccccn3)c3cc(Cl)cc(Br)c3-n3c(C)cnc32)CC1.COC(=O)C1(OC(=O)CC[C@@H]2N=C(c3ccccn3)c3cc(Cl)cc(Br)c3-n3c(C)cnc32)CC1.CS(=O)(=O)O.CS(=O)(=O)O. The van der Waals surface area contributed by atoms with Crippen molar-refractivity contribution in [2.45, 2.75) is 102 Å². The Morgan fingerprint density at radius 1 is 0.640 bits per heavy atom. The van der Waals surface area contributed by atoms with Crippen LogP contribution in [0.25, 0.3) is 11.4 Å². The van der Waals surface area contributed by atoms with E-state index in [1.165, 1.54) is 21.1 Å². The molecule has 2 fully saturated rings. The highest BCUT2D eigenvalue weighted by atomic mass is 79.9. The number of fused-ring (bicyclic) bond motifs is 6. The number of esters is 5. The van der Waals surface area contributed by atoms with Crippen LogP contribution >= 0.6 is 55.1 Å². The van der Waals surface area contributed by atoms with E-state index in [1.807, 2.05) is 83.6 Å². The third-order valence-electron chi connectivity index (χ3n) is 12.7. The summed E-state index contributed by atoms with van der Waals surface area (Å²) in [6.07, 6.45) is 11.1. The molecule has 2 N–H and O–H groups in total. The summed E-state index contributed by atoms with van der Waals surface area (Å²) in [5, 5.41) is 1.11. The molecule has 0 saturated heterocycles. The van der Waals surface area contributed by atoms with Crippen LogP contribution in [0, 0.1) is 13.8 Å². The molecule has 10 rings (SSSR count). The fourth-order valence-corrected chi connectivity index (χ4v) is 10.8. The summed E-state index contributed by atoms with van der Waals surface area (Å²) >= 11 is 20.2. The monoisotopic (exact) mass is 1390 g/mol. The van der Waals surface area contributed by atoms with Gasteiger partial charge in [-0.05, 0) is 114 Å². The number of rotatable bonds is 13. The number of hydrogen-bond donors (Lipinski definition) is 2. The number of ether oxygens (including phenoxy) is 5. The number of benzene rings is 2. The van der Waals surface area contributed by atoms with Gasteiger partial charge in [-0.1, -0.05) is 35.3 Å². The number of carbonyl (C=O) groups excluding carboxylic acids is 5. The van der Waals surface area contributed by atoms with Crippen LogP contribution in [-0.2, 0) is 67.9 Å². The molecule has 0 radical (unpaired) electrons. The maximum atomic E-state index is 12.7. The number of methoxy groups -OCH3 is 2. The number of aromatic nitrogens is 6. The van der Waals surface area contributed by atoms with E-state index in [0.717, 1.165) is 42.8 Å². The Kier molecular flexibility index (Phi) is 23.3. The van der Waals surface area contributed by atoms with Crippen LogP contribution in [0.3, 0.4) is 0 Å². The van der Waals surface area contributed by atoms with Gasteiger partial charge in [0.15, 0.2) is 0 Å². The van der Waals surface area contributed by atoms with Crippen LogP contribution in [-0.4, -0.2) is 141 Å². The Morgan fingerprint density at radius 2 is 1.00 bits per heavy atom. The number of nitrogens with zero attached hydrogens (tertiary/aromatic N) is 8. The summed E-state index contributed by atoms with van der Waals surface area (Å²) in [6.45, 7) is 7.58. The Bertz CT molecular complexity index is 3550. The molecule has 2 saturated carbocycles. The molecule has 2 atom stereocenters. The van der Waals surface area contributed by atoms with Gasteiger partial charge in [-0.25, -0.2) is 19.6 Å². The van der Waals surface area contributed by atoms with Gasteiger partial charge in [-0.2, -0.15) is 16.8 Å². The summed E-state index contributed by atoms with van der Waals surface area (Å²) in [7, 11) is -4.75. The predicted octanol–water partition coefficient (Wildman–Crippen LogP) is 9.40. The minimum absolute atomic E-state index is 0.0621. The first-order valence-corrected chi connectivity index (χ1v) is 32.1. The average molecular weight is 1400 g/mol. The summed E-state index contributed by atoms with van der Waals surface area (Å²) in [4.78, 5) is 87.6. The molecule has 4 aromatic heterocycles. The zero-order valence-electron chi connectivity index (χ0n) is 47.6. The van der Waals surface area contributed by atoms with Crippen molar-refractivity contribution in [3.63, 3.8) is 0 Å². The van der Waals surface area contributed by atoms with Crippen LogP contribution < -0.4 is 0 Å². The lowest BCUT2D eigenvalue weighted by atomic mass is 10.0. The van der Waals surface area contributed by atoms with E-state index in [0.29, 0.717) is 102 Å². The first kappa shape index (κ1) is 68.3. The van der Waals surface area contributed by atoms with Crippen molar-refractivity contribution in [2.75, 3.05) is 33.3 Å². The maximum absolute atomic E-state index is 12.7. The normalized spacial score (nSPS) is 16.1. The van der Waals surface area contributed by atoms with Crippen molar-refractivity contribution in [1.82, 2.24) is 29.1 Å². The van der Waals surface area contributed by atoms with E-state index in [2.05, 4.69) is 56.5 Å². The Hall–Kier alpha value is -6.79. The second-order valence-electron chi connectivity index (χ2n) is 19.6. The standard InChI is InChI=1S/2C25H22BrClN4O4.C4H8O2.2CH4O3S/c2*1-14-13-29-23-19(6-7-20(32)35-25(8-9-25)24(33)34-2)30-21(18-5-3-4-10-28-18)16-11-15(27)12-17(26)22(16)31(14)23;1-3-6-4(2)5;2*1-5(2,3)4/h2*3-5,10-13,19H,6-9H2,1-2H3;3H2,1-2H3;2*1H3,(H,2,3,4)/t2*19-;;;/m00.../s1. The quantitative estimate of drug-likeness (QED) is 0.0617. The van der Waals surface area contributed by atoms with Crippen molar-refractivity contribution >= 4 is 117 Å². The zero-order valence-corrected chi connectivity index (χ0v) is 53.9. The molecule has 0 amide bonds. The van der Waals surface area contributed by atoms with Gasteiger partial charge in [-0.15, -0.1) is 0 Å².